The molecule has 0 rings (SSSR count). The first-order valence-corrected chi connectivity index (χ1v) is 11.0. The Morgan fingerprint density at radius 1 is 1.09 bits per heavy atom. The molecule has 0 aliphatic heterocycles. The molecule has 11 nitrogen and oxygen atoms in total. The summed E-state index contributed by atoms with van der Waals surface area (Å²) in [5.74, 6) is -2.06. The Labute approximate surface area is 191 Å². The number of hydrogen-bond donors (Lipinski definition) is 8. The van der Waals surface area contributed by atoms with E-state index < -0.39 is 46.9 Å². The molecule has 0 aromatic heterocycles. The number of guanidine groups is 1. The van der Waals surface area contributed by atoms with Crippen molar-refractivity contribution in [1.29, 1.82) is 5.41 Å². The molecule has 186 valence electrons. The van der Waals surface area contributed by atoms with E-state index in [0.29, 0.717) is 12.8 Å². The van der Waals surface area contributed by atoms with Gasteiger partial charge in [0.15, 0.2) is 11.7 Å². The van der Waals surface area contributed by atoms with E-state index in [1.54, 1.807) is 20.8 Å². The number of carboxylic acid groups (broad SMARTS) is 1. The van der Waals surface area contributed by atoms with Gasteiger partial charge in [-0.25, -0.2) is 0 Å². The average molecular weight is 458 g/mol. The topological polar surface area (TPSA) is 209 Å². The van der Waals surface area contributed by atoms with Crippen LogP contribution in [-0.4, -0.2) is 66.0 Å². The second-order valence-corrected chi connectivity index (χ2v) is 9.40. The van der Waals surface area contributed by atoms with Crippen molar-refractivity contribution < 1.29 is 19.5 Å². The van der Waals surface area contributed by atoms with Crippen molar-refractivity contribution in [3.05, 3.63) is 0 Å². The first-order valence-electron chi connectivity index (χ1n) is 11.0. The molecular formula is C21H43N7O4. The summed E-state index contributed by atoms with van der Waals surface area (Å²) in [7, 11) is 0. The van der Waals surface area contributed by atoms with E-state index >= 15 is 0 Å². The Bertz CT molecular complexity index is 667. The molecule has 0 aliphatic rings. The average Bonchev–Trinajstić information content (AvgIpc) is 2.68. The van der Waals surface area contributed by atoms with Gasteiger partial charge in [-0.3, -0.25) is 19.8 Å². The van der Waals surface area contributed by atoms with Gasteiger partial charge in [-0.2, -0.15) is 0 Å². The van der Waals surface area contributed by atoms with Crippen LogP contribution in [0.25, 0.3) is 0 Å². The van der Waals surface area contributed by atoms with Crippen LogP contribution in [0.3, 0.4) is 0 Å². The minimum Gasteiger partial charge on any atom is -0.480 e. The second-order valence-electron chi connectivity index (χ2n) is 9.40. The predicted octanol–water partition coefficient (Wildman–Crippen LogP) is -0.517. The molecule has 0 aromatic carbocycles. The lowest BCUT2D eigenvalue weighted by atomic mass is 9.65. The van der Waals surface area contributed by atoms with Crippen molar-refractivity contribution in [3.8, 4) is 0 Å². The zero-order valence-electron chi connectivity index (χ0n) is 20.2. The van der Waals surface area contributed by atoms with Crippen molar-refractivity contribution >= 4 is 23.6 Å². The lowest BCUT2D eigenvalue weighted by molar-refractivity contribution is -0.140. The van der Waals surface area contributed by atoms with Crippen LogP contribution >= 0.6 is 0 Å². The normalized spacial score (nSPS) is 15.9. The Morgan fingerprint density at radius 2 is 1.66 bits per heavy atom. The highest BCUT2D eigenvalue weighted by atomic mass is 16.4. The molecule has 4 atom stereocenters. The van der Waals surface area contributed by atoms with Crippen LogP contribution in [0.4, 0.5) is 0 Å². The maximum atomic E-state index is 13.0. The third-order valence-electron chi connectivity index (χ3n) is 6.41. The second kappa shape index (κ2) is 12.7. The van der Waals surface area contributed by atoms with Crippen molar-refractivity contribution in [3.63, 3.8) is 0 Å². The Balaban J connectivity index is 5.10. The van der Waals surface area contributed by atoms with Gasteiger partial charge < -0.3 is 38.3 Å². The number of carbonyl (C=O) groups is 3. The molecule has 0 aliphatic carbocycles. The lowest BCUT2D eigenvalue weighted by Gasteiger charge is -2.41. The molecule has 11 heteroatoms. The number of carboxylic acids is 1. The standard InChI is InChI=1S/C21H43N7O4/c1-7-9-12(22)16(18(31)32)27-11-20(3,4)21(5,6)14(29)10-26-17(30)15(23)13(8-2)28-19(24)25/h12-13,15-16,27H,7-11,22-23H2,1-6H3,(H,26,30)(H,31,32)(H4,24,25,28). The van der Waals surface area contributed by atoms with Crippen LogP contribution in [0.5, 0.6) is 0 Å². The van der Waals surface area contributed by atoms with Crippen LogP contribution < -0.4 is 33.2 Å². The Hall–Kier alpha value is -2.24. The summed E-state index contributed by atoms with van der Waals surface area (Å²) in [6, 6.07) is -2.97. The summed E-state index contributed by atoms with van der Waals surface area (Å²) in [4.78, 5) is 37.0. The van der Waals surface area contributed by atoms with E-state index in [0.717, 1.165) is 6.42 Å². The Kier molecular flexibility index (Phi) is 11.8. The summed E-state index contributed by atoms with van der Waals surface area (Å²) in [5, 5.41) is 25.0. The SMILES string of the molecule is CCCC(N)C(NCC(C)(C)C(C)(C)C(=O)CNC(=O)C(N)C(CC)NC(=N)N)C(=O)O. The number of Topliss-reactive ketones (excluding diaryl/α,β-unsaturated/α-hetero) is 1. The number of rotatable bonds is 15. The monoisotopic (exact) mass is 457 g/mol. The lowest BCUT2D eigenvalue weighted by Crippen LogP contribution is -2.58. The first-order chi connectivity index (χ1) is 14.6. The van der Waals surface area contributed by atoms with E-state index in [1.165, 1.54) is 0 Å². The molecule has 1 amide bonds. The van der Waals surface area contributed by atoms with E-state index in [-0.39, 0.29) is 24.8 Å². The van der Waals surface area contributed by atoms with Crippen LogP contribution in [0.1, 0.15) is 60.8 Å². The molecule has 4 unspecified atom stereocenters. The minimum absolute atomic E-state index is 0.220. The number of amides is 1. The quantitative estimate of drug-likeness (QED) is 0.117. The van der Waals surface area contributed by atoms with Gasteiger partial charge in [-0.15, -0.1) is 0 Å². The van der Waals surface area contributed by atoms with E-state index in [9.17, 15) is 19.5 Å². The molecule has 0 spiro atoms. The van der Waals surface area contributed by atoms with E-state index in [1.807, 2.05) is 20.8 Å². The fraction of sp³-hybridized carbons (Fsp3) is 0.810. The molecule has 0 saturated carbocycles. The highest BCUT2D eigenvalue weighted by molar-refractivity contribution is 5.92. The van der Waals surface area contributed by atoms with Crippen molar-refractivity contribution in [2.75, 3.05) is 13.1 Å². The van der Waals surface area contributed by atoms with Crippen molar-refractivity contribution in [2.45, 2.75) is 85.0 Å². The predicted molar refractivity (Wildman–Crippen MR) is 125 cm³/mol. The van der Waals surface area contributed by atoms with Crippen molar-refractivity contribution in [1.82, 2.24) is 16.0 Å². The molecule has 0 bridgehead atoms. The van der Waals surface area contributed by atoms with Crippen molar-refractivity contribution in [2.24, 2.45) is 28.0 Å². The summed E-state index contributed by atoms with van der Waals surface area (Å²) >= 11 is 0. The highest BCUT2D eigenvalue weighted by Crippen LogP contribution is 2.38. The molecule has 0 aromatic rings. The molecule has 0 fully saturated rings. The fourth-order valence-corrected chi connectivity index (χ4v) is 3.22. The third kappa shape index (κ3) is 8.36. The number of aliphatic carboxylic acids is 1. The maximum absolute atomic E-state index is 13.0. The molecule has 0 heterocycles. The van der Waals surface area contributed by atoms with Gasteiger partial charge in [0.1, 0.15) is 12.1 Å². The van der Waals surface area contributed by atoms with Crippen LogP contribution in [0, 0.1) is 16.2 Å². The molecule has 0 radical (unpaired) electrons. The largest absolute Gasteiger partial charge is 0.480 e. The van der Waals surface area contributed by atoms with Gasteiger partial charge in [0.25, 0.3) is 0 Å². The maximum Gasteiger partial charge on any atom is 0.322 e. The summed E-state index contributed by atoms with van der Waals surface area (Å²) in [6.07, 6.45) is 1.80. The van der Waals surface area contributed by atoms with Crippen LogP contribution in [0.15, 0.2) is 0 Å². The zero-order chi connectivity index (χ0) is 25.3. The van der Waals surface area contributed by atoms with Gasteiger partial charge in [0, 0.05) is 18.0 Å². The van der Waals surface area contributed by atoms with Gasteiger partial charge in [-0.1, -0.05) is 48.0 Å². The van der Waals surface area contributed by atoms with Gasteiger partial charge in [0.05, 0.1) is 12.6 Å². The number of hydrogen-bond acceptors (Lipinski definition) is 7. The van der Waals surface area contributed by atoms with Crippen LogP contribution in [0.2, 0.25) is 0 Å². The van der Waals surface area contributed by atoms with E-state index in [2.05, 4.69) is 16.0 Å². The summed E-state index contributed by atoms with van der Waals surface area (Å²) in [5.41, 5.74) is 15.7. The first kappa shape index (κ1) is 29.8. The number of nitrogens with one attached hydrogen (secondary N) is 4. The van der Waals surface area contributed by atoms with Gasteiger partial charge in [-0.05, 0) is 18.3 Å². The molecule has 0 saturated heterocycles. The summed E-state index contributed by atoms with van der Waals surface area (Å²) in [6.45, 7) is 11.0. The third-order valence-corrected chi connectivity index (χ3v) is 6.41. The number of nitrogens with two attached hydrogens (primary N) is 3. The number of carbonyl (C=O) groups excluding carboxylic acids is 2. The summed E-state index contributed by atoms with van der Waals surface area (Å²) < 4.78 is 0. The van der Waals surface area contributed by atoms with Gasteiger partial charge >= 0.3 is 5.97 Å². The molecular weight excluding hydrogens is 414 g/mol. The minimum atomic E-state index is -1.03. The molecule has 11 N–H and O–H groups in total. The Morgan fingerprint density at radius 3 is 2.09 bits per heavy atom. The zero-order valence-corrected chi connectivity index (χ0v) is 20.2. The highest BCUT2D eigenvalue weighted by Gasteiger charge is 2.43. The van der Waals surface area contributed by atoms with E-state index in [4.69, 9.17) is 22.6 Å². The number of ketones is 1. The molecule has 32 heavy (non-hydrogen) atoms. The van der Waals surface area contributed by atoms with Crippen LogP contribution in [-0.2, 0) is 14.4 Å². The van der Waals surface area contributed by atoms with Gasteiger partial charge in [0.2, 0.25) is 5.91 Å². The smallest absolute Gasteiger partial charge is 0.322 e. The fourth-order valence-electron chi connectivity index (χ4n) is 3.22.